The maximum absolute atomic E-state index is 14.5. The number of halogens is 2. The summed E-state index contributed by atoms with van der Waals surface area (Å²) in [6, 6.07) is 16.8. The molecule has 0 saturated heterocycles. The quantitative estimate of drug-likeness (QED) is 0.434. The summed E-state index contributed by atoms with van der Waals surface area (Å²) in [5.41, 5.74) is 3.48. The predicted octanol–water partition coefficient (Wildman–Crippen LogP) is 6.41. The lowest BCUT2D eigenvalue weighted by molar-refractivity contribution is 0.413. The summed E-state index contributed by atoms with van der Waals surface area (Å²) in [7, 11) is -3.81. The van der Waals surface area contributed by atoms with Gasteiger partial charge in [-0.25, -0.2) is 12.8 Å². The van der Waals surface area contributed by atoms with E-state index >= 15 is 0 Å². The van der Waals surface area contributed by atoms with Crippen LogP contribution in [-0.2, 0) is 10.0 Å². The smallest absolute Gasteiger partial charge is 0.261 e. The molecule has 4 nitrogen and oxygen atoms in total. The fourth-order valence-electron chi connectivity index (χ4n) is 4.70. The second kappa shape index (κ2) is 7.94. The van der Waals surface area contributed by atoms with Crippen LogP contribution in [0.2, 0.25) is 5.02 Å². The van der Waals surface area contributed by atoms with Crippen molar-refractivity contribution in [1.82, 2.24) is 0 Å². The molecule has 1 aliphatic carbocycles. The van der Waals surface area contributed by atoms with Gasteiger partial charge in [0.2, 0.25) is 0 Å². The van der Waals surface area contributed by atoms with E-state index in [1.54, 1.807) is 49.4 Å². The first kappa shape index (κ1) is 21.0. The SMILES string of the molecule is Cc1c(Cl)cccc1NS(=O)(=O)c1ccc2c(c1)[C@H]1C=CC[C@H]1[C@@H](c1ccccc1F)N2. The van der Waals surface area contributed by atoms with Crippen LogP contribution in [0.3, 0.4) is 0 Å². The van der Waals surface area contributed by atoms with Gasteiger partial charge in [0.05, 0.1) is 16.6 Å². The van der Waals surface area contributed by atoms with Gasteiger partial charge in [-0.2, -0.15) is 0 Å². The van der Waals surface area contributed by atoms with Crippen molar-refractivity contribution in [2.45, 2.75) is 30.2 Å². The van der Waals surface area contributed by atoms with Gasteiger partial charge < -0.3 is 5.32 Å². The van der Waals surface area contributed by atoms with Crippen LogP contribution in [0.4, 0.5) is 15.8 Å². The molecule has 0 spiro atoms. The maximum atomic E-state index is 14.5. The van der Waals surface area contributed by atoms with Gasteiger partial charge >= 0.3 is 0 Å². The molecule has 2 aliphatic rings. The first-order valence-electron chi connectivity index (χ1n) is 10.4. The lowest BCUT2D eigenvalue weighted by Gasteiger charge is -2.37. The van der Waals surface area contributed by atoms with E-state index in [1.807, 2.05) is 12.1 Å². The average Bonchev–Trinajstić information content (AvgIpc) is 3.27. The van der Waals surface area contributed by atoms with Crippen LogP contribution in [0.1, 0.15) is 35.1 Å². The molecule has 0 unspecified atom stereocenters. The van der Waals surface area contributed by atoms with Crippen LogP contribution in [0, 0.1) is 18.7 Å². The highest BCUT2D eigenvalue weighted by Crippen LogP contribution is 2.50. The van der Waals surface area contributed by atoms with E-state index in [9.17, 15) is 12.8 Å². The van der Waals surface area contributed by atoms with Crippen molar-refractivity contribution < 1.29 is 12.8 Å². The number of benzene rings is 3. The van der Waals surface area contributed by atoms with Crippen molar-refractivity contribution in [3.63, 3.8) is 0 Å². The summed E-state index contributed by atoms with van der Waals surface area (Å²) in [5.74, 6) is -0.112. The highest BCUT2D eigenvalue weighted by molar-refractivity contribution is 7.92. The minimum Gasteiger partial charge on any atom is -0.378 e. The van der Waals surface area contributed by atoms with Crippen LogP contribution in [-0.4, -0.2) is 8.42 Å². The monoisotopic (exact) mass is 468 g/mol. The Kier molecular flexibility index (Phi) is 5.22. The molecular weight excluding hydrogens is 447 g/mol. The van der Waals surface area contributed by atoms with E-state index in [0.29, 0.717) is 21.8 Å². The normalized spacial score (nSPS) is 21.5. The molecule has 0 saturated carbocycles. The minimum absolute atomic E-state index is 0.0129. The van der Waals surface area contributed by atoms with E-state index in [1.165, 1.54) is 6.07 Å². The minimum atomic E-state index is -3.81. The van der Waals surface area contributed by atoms with E-state index in [4.69, 9.17) is 11.6 Å². The Hall–Kier alpha value is -2.83. The topological polar surface area (TPSA) is 58.2 Å². The van der Waals surface area contributed by atoms with Gasteiger partial charge in [0.1, 0.15) is 5.82 Å². The highest BCUT2D eigenvalue weighted by atomic mass is 35.5. The van der Waals surface area contributed by atoms with Crippen LogP contribution >= 0.6 is 11.6 Å². The number of nitrogens with one attached hydrogen (secondary N) is 2. The molecule has 3 atom stereocenters. The zero-order valence-corrected chi connectivity index (χ0v) is 18.9. The first-order chi connectivity index (χ1) is 15.3. The second-order valence-electron chi connectivity index (χ2n) is 8.26. The van der Waals surface area contributed by atoms with Gasteiger partial charge in [-0.15, -0.1) is 0 Å². The van der Waals surface area contributed by atoms with Crippen molar-refractivity contribution in [3.05, 3.63) is 100 Å². The number of sulfonamides is 1. The van der Waals surface area contributed by atoms with Crippen molar-refractivity contribution in [3.8, 4) is 0 Å². The molecular formula is C25H22ClFN2O2S. The van der Waals surface area contributed by atoms with Crippen LogP contribution in [0.25, 0.3) is 0 Å². The number of hydrogen-bond donors (Lipinski definition) is 2. The Morgan fingerprint density at radius 2 is 1.88 bits per heavy atom. The molecule has 0 amide bonds. The lowest BCUT2D eigenvalue weighted by atomic mass is 9.77. The standard InChI is InChI=1S/C25H22ClFN2O2S/c1-15-21(26)9-5-11-23(15)29-32(30,31)16-12-13-24-20(14-16)17-7-4-8-18(17)25(28-24)19-6-2-3-10-22(19)27/h2-7,9-14,17-18,25,28-29H,8H2,1H3/t17-,18+,25-/m0/s1. The van der Waals surface area contributed by atoms with Gasteiger partial charge in [-0.3, -0.25) is 4.72 Å². The first-order valence-corrected chi connectivity index (χ1v) is 12.3. The third-order valence-corrected chi connectivity index (χ3v) is 8.17. The Bertz CT molecular complexity index is 1340. The number of fused-ring (bicyclic) bond motifs is 3. The number of allylic oxidation sites excluding steroid dienone is 2. The van der Waals surface area contributed by atoms with E-state index in [0.717, 1.165) is 17.7 Å². The van der Waals surface area contributed by atoms with Crippen LogP contribution in [0.15, 0.2) is 77.7 Å². The van der Waals surface area contributed by atoms with E-state index < -0.39 is 10.0 Å². The Balaban J connectivity index is 1.51. The molecule has 164 valence electrons. The summed E-state index contributed by atoms with van der Waals surface area (Å²) >= 11 is 6.14. The van der Waals surface area contributed by atoms with Gasteiger partial charge in [0.15, 0.2) is 0 Å². The Morgan fingerprint density at radius 3 is 2.69 bits per heavy atom. The zero-order valence-electron chi connectivity index (χ0n) is 17.3. The number of anilines is 2. The Labute approximate surface area is 192 Å². The molecule has 7 heteroatoms. The zero-order chi connectivity index (χ0) is 22.5. The van der Waals surface area contributed by atoms with Crippen molar-refractivity contribution in [2.75, 3.05) is 10.0 Å². The fraction of sp³-hybridized carbons (Fsp3) is 0.200. The predicted molar refractivity (Wildman–Crippen MR) is 126 cm³/mol. The second-order valence-corrected chi connectivity index (χ2v) is 10.4. The van der Waals surface area contributed by atoms with Gasteiger partial charge in [0.25, 0.3) is 10.0 Å². The van der Waals surface area contributed by atoms with E-state index in [2.05, 4.69) is 22.2 Å². The molecule has 0 radical (unpaired) electrons. The fourth-order valence-corrected chi connectivity index (χ4v) is 6.03. The Morgan fingerprint density at radius 1 is 1.06 bits per heavy atom. The summed E-state index contributed by atoms with van der Waals surface area (Å²) in [6.07, 6.45) is 4.99. The molecule has 0 bridgehead atoms. The molecule has 2 N–H and O–H groups in total. The van der Waals surface area contributed by atoms with E-state index in [-0.39, 0.29) is 28.6 Å². The summed E-state index contributed by atoms with van der Waals surface area (Å²) in [4.78, 5) is 0.181. The van der Waals surface area contributed by atoms with Crippen LogP contribution < -0.4 is 10.0 Å². The molecule has 0 aromatic heterocycles. The molecule has 0 fully saturated rings. The number of rotatable bonds is 4. The van der Waals surface area contributed by atoms with Crippen molar-refractivity contribution in [1.29, 1.82) is 0 Å². The van der Waals surface area contributed by atoms with Gasteiger partial charge in [0, 0.05) is 22.2 Å². The van der Waals surface area contributed by atoms with Crippen molar-refractivity contribution in [2.24, 2.45) is 5.92 Å². The average molecular weight is 469 g/mol. The molecule has 3 aromatic carbocycles. The molecule has 3 aromatic rings. The third-order valence-electron chi connectivity index (χ3n) is 6.40. The molecule has 5 rings (SSSR count). The third kappa shape index (κ3) is 3.57. The highest BCUT2D eigenvalue weighted by Gasteiger charge is 2.39. The van der Waals surface area contributed by atoms with Crippen LogP contribution in [0.5, 0.6) is 0 Å². The molecule has 32 heavy (non-hydrogen) atoms. The summed E-state index contributed by atoms with van der Waals surface area (Å²) < 4.78 is 43.5. The molecule has 1 aliphatic heterocycles. The van der Waals surface area contributed by atoms with Gasteiger partial charge in [-0.1, -0.05) is 48.0 Å². The van der Waals surface area contributed by atoms with Crippen molar-refractivity contribution >= 4 is 33.0 Å². The lowest BCUT2D eigenvalue weighted by Crippen LogP contribution is -2.30. The van der Waals surface area contributed by atoms with Gasteiger partial charge in [-0.05, 0) is 66.8 Å². The summed E-state index contributed by atoms with van der Waals surface area (Å²) in [5, 5.41) is 3.96. The maximum Gasteiger partial charge on any atom is 0.261 e. The molecule has 1 heterocycles. The number of hydrogen-bond acceptors (Lipinski definition) is 3. The summed E-state index contributed by atoms with van der Waals surface area (Å²) in [6.45, 7) is 1.77. The largest absolute Gasteiger partial charge is 0.378 e.